The molecule has 0 amide bonds. The molecule has 0 saturated carbocycles. The quantitative estimate of drug-likeness (QED) is 0.361. The predicted octanol–water partition coefficient (Wildman–Crippen LogP) is 3.04. The number of hydrogen-bond donors (Lipinski definition) is 4. The van der Waals surface area contributed by atoms with E-state index in [0.717, 1.165) is 5.57 Å². The Kier molecular flexibility index (Phi) is 8.60. The number of phenols is 1. The van der Waals surface area contributed by atoms with Crippen molar-refractivity contribution < 1.29 is 30.0 Å². The van der Waals surface area contributed by atoms with Crippen molar-refractivity contribution in [3.8, 4) is 5.75 Å². The molecule has 4 N–H and O–H groups in total. The van der Waals surface area contributed by atoms with Gasteiger partial charge in [-0.25, -0.2) is 4.79 Å². The van der Waals surface area contributed by atoms with Crippen LogP contribution >= 0.6 is 0 Å². The molecule has 0 saturated heterocycles. The molecule has 1 aromatic carbocycles. The molecule has 0 bridgehead atoms. The van der Waals surface area contributed by atoms with Crippen molar-refractivity contribution in [3.63, 3.8) is 0 Å². The maximum atomic E-state index is 12.2. The highest BCUT2D eigenvalue weighted by Gasteiger charge is 2.17. The molecule has 0 spiro atoms. The molecule has 6 nitrogen and oxygen atoms in total. The minimum Gasteiger partial charge on any atom is -0.507 e. The molecule has 0 aliphatic carbocycles. The van der Waals surface area contributed by atoms with Crippen LogP contribution in [0.15, 0.2) is 35.9 Å². The summed E-state index contributed by atoms with van der Waals surface area (Å²) in [5.74, 6) is -1.56. The van der Waals surface area contributed by atoms with Crippen LogP contribution in [-0.4, -0.2) is 44.4 Å². The number of carbonyl (C=O) groups excluding carboxylic acids is 1. The minimum absolute atomic E-state index is 0.0127. The van der Waals surface area contributed by atoms with Crippen LogP contribution in [0.2, 0.25) is 0 Å². The highest BCUT2D eigenvalue weighted by atomic mass is 16.4. The van der Waals surface area contributed by atoms with E-state index < -0.39 is 11.6 Å². The fraction of sp³-hybridized carbons (Fsp3) is 0.455. The number of ketones is 1. The maximum Gasteiger partial charge on any atom is 0.335 e. The first-order valence-electron chi connectivity index (χ1n) is 9.24. The fourth-order valence-corrected chi connectivity index (χ4v) is 2.54. The Balaban J connectivity index is 3.00. The summed E-state index contributed by atoms with van der Waals surface area (Å²) in [5, 5.41) is 38.6. The maximum absolute atomic E-state index is 12.2. The van der Waals surface area contributed by atoms with E-state index in [0.29, 0.717) is 30.4 Å². The Hall–Kier alpha value is -2.44. The first kappa shape index (κ1) is 23.6. The predicted molar refractivity (Wildman–Crippen MR) is 108 cm³/mol. The number of allylic oxidation sites excluding steroid dienone is 2. The molecule has 154 valence electrons. The first-order valence-corrected chi connectivity index (χ1v) is 9.24. The first-order chi connectivity index (χ1) is 12.9. The number of phenolic OH excluding ortho intramolecular Hbond substituents is 1. The van der Waals surface area contributed by atoms with Gasteiger partial charge in [0.1, 0.15) is 5.75 Å². The largest absolute Gasteiger partial charge is 0.507 e. The number of hydrogen-bond acceptors (Lipinski definition) is 5. The van der Waals surface area contributed by atoms with Crippen LogP contribution in [0.1, 0.15) is 55.6 Å². The van der Waals surface area contributed by atoms with Crippen LogP contribution in [0, 0.1) is 5.92 Å². The van der Waals surface area contributed by atoms with Gasteiger partial charge in [0.2, 0.25) is 0 Å². The molecule has 0 radical (unpaired) electrons. The van der Waals surface area contributed by atoms with Gasteiger partial charge in [-0.15, -0.1) is 0 Å². The Morgan fingerprint density at radius 2 is 1.82 bits per heavy atom. The number of aromatic carboxylic acids is 1. The SMILES string of the molecule is CC(=CCc1cc(C(=O)O)cc(CC[C@H](C)C(=O)C=CC(C)(C)O)c1O)CO. The van der Waals surface area contributed by atoms with E-state index in [1.807, 2.05) is 0 Å². The molecule has 0 aliphatic heterocycles. The molecule has 1 atom stereocenters. The van der Waals surface area contributed by atoms with Gasteiger partial charge in [0.05, 0.1) is 17.8 Å². The number of aliphatic hydroxyl groups is 2. The molecule has 1 aromatic rings. The molecule has 1 rings (SSSR count). The minimum atomic E-state index is -1.09. The lowest BCUT2D eigenvalue weighted by atomic mass is 9.93. The van der Waals surface area contributed by atoms with Crippen LogP contribution in [-0.2, 0) is 17.6 Å². The third-order valence-electron chi connectivity index (χ3n) is 4.42. The van der Waals surface area contributed by atoms with Crippen molar-refractivity contribution in [2.24, 2.45) is 5.92 Å². The average molecular weight is 390 g/mol. The standard InChI is InChI=1S/C22H30O6/c1-14(13-23)5-7-16-11-18(21(26)27)12-17(20(16)25)8-6-15(2)19(24)9-10-22(3,4)28/h5,9-12,15,23,25,28H,6-8,13H2,1-4H3,(H,26,27)/t15-/m0/s1. The van der Waals surface area contributed by atoms with Crippen LogP contribution in [0.5, 0.6) is 5.75 Å². The topological polar surface area (TPSA) is 115 Å². The Morgan fingerprint density at radius 3 is 2.36 bits per heavy atom. The molecular formula is C22H30O6. The number of carbonyl (C=O) groups is 2. The van der Waals surface area contributed by atoms with Crippen molar-refractivity contribution in [1.29, 1.82) is 0 Å². The molecular weight excluding hydrogens is 360 g/mol. The number of aliphatic hydroxyl groups excluding tert-OH is 1. The van der Waals surface area contributed by atoms with E-state index in [1.165, 1.54) is 24.3 Å². The van der Waals surface area contributed by atoms with Crippen LogP contribution in [0.4, 0.5) is 0 Å². The van der Waals surface area contributed by atoms with Gasteiger partial charge >= 0.3 is 5.97 Å². The molecule has 28 heavy (non-hydrogen) atoms. The second kappa shape index (κ2) is 10.2. The van der Waals surface area contributed by atoms with Gasteiger partial charge in [-0.3, -0.25) is 4.79 Å². The number of rotatable bonds is 10. The van der Waals surface area contributed by atoms with Crippen molar-refractivity contribution in [1.82, 2.24) is 0 Å². The van der Waals surface area contributed by atoms with Gasteiger partial charge in [0.25, 0.3) is 0 Å². The van der Waals surface area contributed by atoms with Crippen LogP contribution in [0.3, 0.4) is 0 Å². The number of aryl methyl sites for hydroxylation is 1. The third-order valence-corrected chi connectivity index (χ3v) is 4.42. The third kappa shape index (κ3) is 7.66. The fourth-order valence-electron chi connectivity index (χ4n) is 2.54. The van der Waals surface area contributed by atoms with E-state index in [9.17, 15) is 24.9 Å². The van der Waals surface area contributed by atoms with Crippen LogP contribution in [0.25, 0.3) is 0 Å². The normalized spacial score (nSPS) is 13.7. The molecule has 0 unspecified atom stereocenters. The van der Waals surface area contributed by atoms with Crippen molar-refractivity contribution in [3.05, 3.63) is 52.6 Å². The smallest absolute Gasteiger partial charge is 0.335 e. The second-order valence-electron chi connectivity index (χ2n) is 7.69. The van der Waals surface area contributed by atoms with Gasteiger partial charge in [-0.1, -0.05) is 24.6 Å². The van der Waals surface area contributed by atoms with E-state index in [-0.39, 0.29) is 29.6 Å². The van der Waals surface area contributed by atoms with E-state index in [2.05, 4.69) is 0 Å². The zero-order chi connectivity index (χ0) is 21.5. The molecule has 0 aromatic heterocycles. The summed E-state index contributed by atoms with van der Waals surface area (Å²) >= 11 is 0. The van der Waals surface area contributed by atoms with Crippen molar-refractivity contribution in [2.45, 2.75) is 52.6 Å². The highest BCUT2D eigenvalue weighted by molar-refractivity contribution is 5.91. The lowest BCUT2D eigenvalue weighted by molar-refractivity contribution is -0.118. The van der Waals surface area contributed by atoms with E-state index in [1.54, 1.807) is 33.8 Å². The zero-order valence-electron chi connectivity index (χ0n) is 16.9. The summed E-state index contributed by atoms with van der Waals surface area (Å²) in [7, 11) is 0. The summed E-state index contributed by atoms with van der Waals surface area (Å²) < 4.78 is 0. The van der Waals surface area contributed by atoms with E-state index >= 15 is 0 Å². The number of carboxylic acid groups (broad SMARTS) is 1. The second-order valence-corrected chi connectivity index (χ2v) is 7.69. The van der Waals surface area contributed by atoms with Gasteiger partial charge in [-0.2, -0.15) is 0 Å². The van der Waals surface area contributed by atoms with Gasteiger partial charge in [0.15, 0.2) is 5.78 Å². The lowest BCUT2D eigenvalue weighted by Gasteiger charge is -2.14. The zero-order valence-corrected chi connectivity index (χ0v) is 16.9. The Labute approximate surface area is 165 Å². The molecule has 6 heteroatoms. The monoisotopic (exact) mass is 390 g/mol. The molecule has 0 heterocycles. The lowest BCUT2D eigenvalue weighted by Crippen LogP contribution is -2.16. The number of aromatic hydroxyl groups is 1. The summed E-state index contributed by atoms with van der Waals surface area (Å²) in [6.07, 6.45) is 5.59. The summed E-state index contributed by atoms with van der Waals surface area (Å²) in [4.78, 5) is 23.6. The van der Waals surface area contributed by atoms with Gasteiger partial charge in [-0.05, 0) is 69.4 Å². The van der Waals surface area contributed by atoms with Gasteiger partial charge in [0, 0.05) is 5.92 Å². The van der Waals surface area contributed by atoms with Gasteiger partial charge < -0.3 is 20.4 Å². The summed E-state index contributed by atoms with van der Waals surface area (Å²) in [6, 6.07) is 2.84. The van der Waals surface area contributed by atoms with Crippen molar-refractivity contribution >= 4 is 11.8 Å². The number of benzene rings is 1. The molecule has 0 fully saturated rings. The summed E-state index contributed by atoms with van der Waals surface area (Å²) in [5.41, 5.74) is 0.649. The molecule has 0 aliphatic rings. The highest BCUT2D eigenvalue weighted by Crippen LogP contribution is 2.28. The van der Waals surface area contributed by atoms with E-state index in [4.69, 9.17) is 5.11 Å². The summed E-state index contributed by atoms with van der Waals surface area (Å²) in [6.45, 7) is 6.54. The van der Waals surface area contributed by atoms with Crippen molar-refractivity contribution in [2.75, 3.05) is 6.61 Å². The number of carboxylic acids is 1. The van der Waals surface area contributed by atoms with Crippen LogP contribution < -0.4 is 0 Å². The Bertz CT molecular complexity index is 768. The average Bonchev–Trinajstić information content (AvgIpc) is 2.62. The Morgan fingerprint density at radius 1 is 1.21 bits per heavy atom.